The van der Waals surface area contributed by atoms with Crippen LogP contribution >= 0.6 is 0 Å². The summed E-state index contributed by atoms with van der Waals surface area (Å²) in [7, 11) is 0. The van der Waals surface area contributed by atoms with Crippen molar-refractivity contribution in [2.75, 3.05) is 6.61 Å². The van der Waals surface area contributed by atoms with Gasteiger partial charge in [-0.25, -0.2) is 5.21 Å². The molecule has 4 N–H and O–H groups in total. The summed E-state index contributed by atoms with van der Waals surface area (Å²) in [5.74, 6) is 1.45. The van der Waals surface area contributed by atoms with Crippen molar-refractivity contribution in [2.24, 2.45) is 0 Å². The summed E-state index contributed by atoms with van der Waals surface area (Å²) in [4.78, 5) is 4.51. The topological polar surface area (TPSA) is 105 Å². The minimum absolute atomic E-state index is 0.363. The van der Waals surface area contributed by atoms with Gasteiger partial charge < -0.3 is 14.4 Å². The first-order chi connectivity index (χ1) is 13.7. The number of aromatic nitrogens is 2. The van der Waals surface area contributed by atoms with E-state index in [2.05, 4.69) is 10.1 Å². The highest BCUT2D eigenvalue weighted by Gasteiger charge is 2.25. The van der Waals surface area contributed by atoms with Gasteiger partial charge in [0.1, 0.15) is 0 Å². The molecular weight excluding hydrogens is 358 g/mol. The normalized spacial score (nSPS) is 15.0. The summed E-state index contributed by atoms with van der Waals surface area (Å²) in [5.41, 5.74) is 5.13. The molecule has 148 valence electrons. The third-order valence-electron chi connectivity index (χ3n) is 4.60. The van der Waals surface area contributed by atoms with Gasteiger partial charge >= 0.3 is 0 Å². The lowest BCUT2D eigenvalue weighted by Gasteiger charge is -2.06. The predicted molar refractivity (Wildman–Crippen MR) is 104 cm³/mol. The molecule has 2 aromatic carbocycles. The Kier molecular flexibility index (Phi) is 6.41. The van der Waals surface area contributed by atoms with E-state index < -0.39 is 6.10 Å². The molecule has 0 spiro atoms. The van der Waals surface area contributed by atoms with Crippen molar-refractivity contribution in [1.82, 2.24) is 10.1 Å². The van der Waals surface area contributed by atoms with Crippen LogP contribution in [0.15, 0.2) is 40.9 Å². The number of quaternary nitrogens is 1. The Hall–Kier alpha value is -2.74. The molecule has 0 saturated heterocycles. The lowest BCUT2D eigenvalue weighted by atomic mass is 10.0. The molecule has 0 aliphatic heterocycles. The lowest BCUT2D eigenvalue weighted by molar-refractivity contribution is -0.825. The fourth-order valence-corrected chi connectivity index (χ4v) is 3.36. The molecule has 7 heteroatoms. The van der Waals surface area contributed by atoms with E-state index in [1.54, 1.807) is 12.1 Å². The predicted octanol–water partition coefficient (Wildman–Crippen LogP) is 3.39. The highest BCUT2D eigenvalue weighted by Crippen LogP contribution is 2.37. The molecule has 4 rings (SSSR count). The number of hydrogen-bond acceptors (Lipinski definition) is 6. The van der Waals surface area contributed by atoms with Crippen molar-refractivity contribution in [3.63, 3.8) is 0 Å². The highest BCUT2D eigenvalue weighted by molar-refractivity contribution is 5.67. The molecule has 0 amide bonds. The number of hydrogen-bond donors (Lipinski definition) is 3. The average molecular weight is 384 g/mol. The van der Waals surface area contributed by atoms with E-state index >= 15 is 0 Å². The van der Waals surface area contributed by atoms with Gasteiger partial charge in [-0.05, 0) is 43.0 Å². The molecular formula is C21H26N3O4+. The Balaban J connectivity index is 0.00000109. The molecule has 1 aromatic heterocycles. The summed E-state index contributed by atoms with van der Waals surface area (Å²) in [6.07, 6.45) is 1.08. The van der Waals surface area contributed by atoms with Gasteiger partial charge in [-0.3, -0.25) is 0 Å². The zero-order valence-corrected chi connectivity index (χ0v) is 16.3. The van der Waals surface area contributed by atoms with Crippen LogP contribution in [0.2, 0.25) is 0 Å². The minimum Gasteiger partial charge on any atom is -0.488 e. The van der Waals surface area contributed by atoms with Crippen molar-refractivity contribution < 1.29 is 25.1 Å². The molecule has 28 heavy (non-hydrogen) atoms. The van der Waals surface area contributed by atoms with E-state index in [0.29, 0.717) is 41.7 Å². The number of nitrogens with zero attached hydrogens (tertiary/aromatic N) is 2. The molecule has 0 unspecified atom stereocenters. The minimum atomic E-state index is -0.426. The van der Waals surface area contributed by atoms with Gasteiger partial charge in [0, 0.05) is 17.2 Å². The second kappa shape index (κ2) is 8.97. The molecule has 3 aromatic rings. The Bertz CT molecular complexity index is 939. The third-order valence-corrected chi connectivity index (χ3v) is 4.60. The zero-order chi connectivity index (χ0) is 20.1. The van der Waals surface area contributed by atoms with Gasteiger partial charge in [-0.2, -0.15) is 10.5 Å². The Morgan fingerprint density at radius 1 is 1.25 bits per heavy atom. The first kappa shape index (κ1) is 20.0. The van der Waals surface area contributed by atoms with E-state index in [1.165, 1.54) is 0 Å². The SMILES string of the molecule is CC.CCOc1ccc(-c2nc(-c3cccc4c3CC[C@H]4O)no2)cc1[NH2+]O. The smallest absolute Gasteiger partial charge is 0.258 e. The van der Waals surface area contributed by atoms with Crippen LogP contribution in [-0.4, -0.2) is 27.1 Å². The fourth-order valence-electron chi connectivity index (χ4n) is 3.36. The van der Waals surface area contributed by atoms with Gasteiger partial charge in [0.05, 0.1) is 12.7 Å². The standard InChI is InChI=1S/C19H19N3O4.C2H6/c1-2-25-17-9-6-11(10-15(17)21-24)19-20-18(22-26-19)14-5-3-4-13-12(14)7-8-16(13)23;1-2/h3-6,9-10,16,21,23-24H,2,7-8H2,1H3;1-2H3/p+1/t16-;/m1./s1. The monoisotopic (exact) mass is 384 g/mol. The molecule has 1 aliphatic carbocycles. The van der Waals surface area contributed by atoms with Crippen LogP contribution in [0.3, 0.4) is 0 Å². The second-order valence-electron chi connectivity index (χ2n) is 6.17. The van der Waals surface area contributed by atoms with Crippen LogP contribution in [0.5, 0.6) is 5.75 Å². The second-order valence-corrected chi connectivity index (χ2v) is 6.17. The summed E-state index contributed by atoms with van der Waals surface area (Å²) in [5, 5.41) is 23.6. The quantitative estimate of drug-likeness (QED) is 0.460. The first-order valence-electron chi connectivity index (χ1n) is 9.60. The number of aliphatic hydroxyl groups excluding tert-OH is 1. The van der Waals surface area contributed by atoms with E-state index in [9.17, 15) is 10.3 Å². The Morgan fingerprint density at radius 3 is 2.82 bits per heavy atom. The van der Waals surface area contributed by atoms with E-state index in [-0.39, 0.29) is 0 Å². The van der Waals surface area contributed by atoms with Gasteiger partial charge in [0.25, 0.3) is 5.89 Å². The number of ether oxygens (including phenoxy) is 1. The molecule has 1 aliphatic rings. The van der Waals surface area contributed by atoms with E-state index in [1.807, 2.05) is 45.0 Å². The first-order valence-corrected chi connectivity index (χ1v) is 9.60. The van der Waals surface area contributed by atoms with Gasteiger partial charge in [0.2, 0.25) is 11.5 Å². The van der Waals surface area contributed by atoms with Crippen LogP contribution in [0.4, 0.5) is 5.69 Å². The molecule has 7 nitrogen and oxygen atoms in total. The highest BCUT2D eigenvalue weighted by atomic mass is 16.5. The Labute approximate surface area is 163 Å². The van der Waals surface area contributed by atoms with Gasteiger partial charge in [-0.1, -0.05) is 37.2 Å². The lowest BCUT2D eigenvalue weighted by Crippen LogP contribution is -2.73. The van der Waals surface area contributed by atoms with Crippen molar-refractivity contribution in [1.29, 1.82) is 0 Å². The summed E-state index contributed by atoms with van der Waals surface area (Å²) >= 11 is 0. The maximum atomic E-state index is 10.1. The van der Waals surface area contributed by atoms with Crippen molar-refractivity contribution in [3.8, 4) is 28.6 Å². The molecule has 1 heterocycles. The van der Waals surface area contributed by atoms with Crippen LogP contribution in [0.1, 0.15) is 44.4 Å². The molecule has 0 radical (unpaired) electrons. The zero-order valence-electron chi connectivity index (χ0n) is 16.3. The van der Waals surface area contributed by atoms with Crippen LogP contribution in [-0.2, 0) is 6.42 Å². The molecule has 0 bridgehead atoms. The summed E-state index contributed by atoms with van der Waals surface area (Å²) in [6, 6.07) is 11.1. The number of rotatable bonds is 5. The van der Waals surface area contributed by atoms with E-state index in [4.69, 9.17) is 9.26 Å². The summed E-state index contributed by atoms with van der Waals surface area (Å²) in [6.45, 7) is 6.39. The maximum Gasteiger partial charge on any atom is 0.258 e. The Morgan fingerprint density at radius 2 is 2.07 bits per heavy atom. The molecule has 1 atom stereocenters. The fraction of sp³-hybridized carbons (Fsp3) is 0.333. The van der Waals surface area contributed by atoms with Crippen LogP contribution in [0.25, 0.3) is 22.8 Å². The van der Waals surface area contributed by atoms with Gasteiger partial charge in [0.15, 0.2) is 5.75 Å². The van der Waals surface area contributed by atoms with Crippen molar-refractivity contribution in [3.05, 3.63) is 47.5 Å². The number of benzene rings is 2. The number of fused-ring (bicyclic) bond motifs is 1. The number of nitrogens with two attached hydrogens (primary N) is 1. The van der Waals surface area contributed by atoms with Crippen molar-refractivity contribution in [2.45, 2.75) is 39.7 Å². The van der Waals surface area contributed by atoms with Crippen LogP contribution < -0.4 is 10.2 Å². The molecule has 0 fully saturated rings. The van der Waals surface area contributed by atoms with Crippen molar-refractivity contribution >= 4 is 5.69 Å². The van der Waals surface area contributed by atoms with Crippen LogP contribution in [0, 0.1) is 0 Å². The van der Waals surface area contributed by atoms with E-state index in [0.717, 1.165) is 28.6 Å². The maximum absolute atomic E-state index is 10.1. The van der Waals surface area contributed by atoms with Gasteiger partial charge in [-0.15, -0.1) is 0 Å². The molecule has 0 saturated carbocycles. The summed E-state index contributed by atoms with van der Waals surface area (Å²) < 4.78 is 10.9. The number of aliphatic hydroxyl groups is 1. The average Bonchev–Trinajstić information content (AvgIpc) is 3.37. The third kappa shape index (κ3) is 3.77. The largest absolute Gasteiger partial charge is 0.488 e.